The summed E-state index contributed by atoms with van der Waals surface area (Å²) in [6.07, 6.45) is 7.91. The first-order chi connectivity index (χ1) is 16.0. The van der Waals surface area contributed by atoms with E-state index in [1.165, 1.54) is 0 Å². The SMILES string of the molecule is CC(C)NC(=O)NC1CCC(Nc2nc(C3CC3)nc3c2cnn3-c2cccc(Cl)c2)CC1. The molecule has 9 heteroatoms. The van der Waals surface area contributed by atoms with Gasteiger partial charge in [0.05, 0.1) is 17.3 Å². The Labute approximate surface area is 198 Å². The Bertz CT molecular complexity index is 1150. The molecule has 8 nitrogen and oxygen atoms in total. The number of nitrogens with zero attached hydrogens (tertiary/aromatic N) is 4. The first kappa shape index (κ1) is 21.9. The van der Waals surface area contributed by atoms with Crippen LogP contribution in [0.4, 0.5) is 10.6 Å². The van der Waals surface area contributed by atoms with Gasteiger partial charge in [0, 0.05) is 29.1 Å². The van der Waals surface area contributed by atoms with Crippen molar-refractivity contribution >= 4 is 34.5 Å². The van der Waals surface area contributed by atoms with Crippen molar-refractivity contribution in [3.8, 4) is 5.69 Å². The number of rotatable bonds is 6. The number of benzene rings is 1. The average molecular weight is 468 g/mol. The zero-order chi connectivity index (χ0) is 22.9. The molecule has 0 unspecified atom stereocenters. The molecule has 33 heavy (non-hydrogen) atoms. The number of anilines is 1. The Morgan fingerprint density at radius 2 is 1.85 bits per heavy atom. The Kier molecular flexibility index (Phi) is 6.10. The lowest BCUT2D eigenvalue weighted by Gasteiger charge is -2.30. The van der Waals surface area contributed by atoms with Gasteiger partial charge in [0.1, 0.15) is 11.6 Å². The third-order valence-electron chi connectivity index (χ3n) is 6.26. The van der Waals surface area contributed by atoms with E-state index in [4.69, 9.17) is 21.6 Å². The molecule has 0 spiro atoms. The van der Waals surface area contributed by atoms with Crippen LogP contribution in [0, 0.1) is 0 Å². The van der Waals surface area contributed by atoms with E-state index in [1.54, 1.807) is 0 Å². The van der Waals surface area contributed by atoms with Crippen LogP contribution in [0.2, 0.25) is 5.02 Å². The van der Waals surface area contributed by atoms with Crippen molar-refractivity contribution in [2.75, 3.05) is 5.32 Å². The number of carbonyl (C=O) groups is 1. The van der Waals surface area contributed by atoms with E-state index < -0.39 is 0 Å². The minimum absolute atomic E-state index is 0.0820. The lowest BCUT2D eigenvalue weighted by Crippen LogP contribution is -2.46. The molecule has 2 fully saturated rings. The van der Waals surface area contributed by atoms with Crippen molar-refractivity contribution in [3.63, 3.8) is 0 Å². The van der Waals surface area contributed by atoms with Crippen molar-refractivity contribution in [2.45, 2.75) is 76.4 Å². The number of carbonyl (C=O) groups excluding carboxylic acids is 1. The van der Waals surface area contributed by atoms with Crippen LogP contribution in [0.15, 0.2) is 30.5 Å². The molecular formula is C24H30ClN7O. The molecule has 2 heterocycles. The van der Waals surface area contributed by atoms with Gasteiger partial charge in [-0.1, -0.05) is 17.7 Å². The average Bonchev–Trinajstić information content (AvgIpc) is 3.53. The van der Waals surface area contributed by atoms with Crippen LogP contribution >= 0.6 is 11.6 Å². The predicted molar refractivity (Wildman–Crippen MR) is 130 cm³/mol. The zero-order valence-electron chi connectivity index (χ0n) is 19.0. The number of halogens is 1. The Morgan fingerprint density at radius 1 is 1.09 bits per heavy atom. The van der Waals surface area contributed by atoms with Gasteiger partial charge >= 0.3 is 6.03 Å². The van der Waals surface area contributed by atoms with Gasteiger partial charge in [-0.25, -0.2) is 19.4 Å². The maximum absolute atomic E-state index is 12.0. The van der Waals surface area contributed by atoms with Gasteiger partial charge in [-0.3, -0.25) is 0 Å². The summed E-state index contributed by atoms with van der Waals surface area (Å²) in [5.74, 6) is 2.16. The molecule has 0 radical (unpaired) electrons. The number of aromatic nitrogens is 4. The lowest BCUT2D eigenvalue weighted by molar-refractivity contribution is 0.229. The van der Waals surface area contributed by atoms with Gasteiger partial charge in [0.2, 0.25) is 0 Å². The van der Waals surface area contributed by atoms with Crippen LogP contribution in [-0.4, -0.2) is 43.9 Å². The molecule has 0 bridgehead atoms. The van der Waals surface area contributed by atoms with E-state index in [2.05, 4.69) is 21.0 Å². The van der Waals surface area contributed by atoms with Crippen LogP contribution in [0.25, 0.3) is 16.7 Å². The van der Waals surface area contributed by atoms with Crippen molar-refractivity contribution in [3.05, 3.63) is 41.3 Å². The second kappa shape index (κ2) is 9.17. The summed E-state index contributed by atoms with van der Waals surface area (Å²) in [7, 11) is 0. The highest BCUT2D eigenvalue weighted by Gasteiger charge is 2.30. The zero-order valence-corrected chi connectivity index (χ0v) is 19.8. The Hall–Kier alpha value is -2.87. The maximum Gasteiger partial charge on any atom is 0.315 e. The van der Waals surface area contributed by atoms with Gasteiger partial charge in [0.25, 0.3) is 0 Å². The summed E-state index contributed by atoms with van der Waals surface area (Å²) in [6, 6.07) is 8.21. The third-order valence-corrected chi connectivity index (χ3v) is 6.50. The summed E-state index contributed by atoms with van der Waals surface area (Å²) < 4.78 is 1.84. The molecular weight excluding hydrogens is 438 g/mol. The van der Waals surface area contributed by atoms with Crippen LogP contribution in [-0.2, 0) is 0 Å². The van der Waals surface area contributed by atoms with Crippen LogP contribution < -0.4 is 16.0 Å². The fourth-order valence-corrected chi connectivity index (χ4v) is 4.61. The molecule has 174 valence electrons. The molecule has 0 atom stereocenters. The molecule has 2 amide bonds. The van der Waals surface area contributed by atoms with E-state index in [1.807, 2.05) is 49.0 Å². The highest BCUT2D eigenvalue weighted by Crippen LogP contribution is 2.40. The summed E-state index contributed by atoms with van der Waals surface area (Å²) in [5.41, 5.74) is 1.69. The first-order valence-electron chi connectivity index (χ1n) is 11.8. The third kappa shape index (κ3) is 5.05. The number of hydrogen-bond donors (Lipinski definition) is 3. The molecule has 2 aliphatic carbocycles. The molecule has 0 aliphatic heterocycles. The number of nitrogens with one attached hydrogen (secondary N) is 3. The molecule has 3 aromatic rings. The second-order valence-electron chi connectivity index (χ2n) is 9.44. The molecule has 1 aromatic carbocycles. The highest BCUT2D eigenvalue weighted by atomic mass is 35.5. The van der Waals surface area contributed by atoms with E-state index in [9.17, 15) is 4.79 Å². The minimum Gasteiger partial charge on any atom is -0.367 e. The fourth-order valence-electron chi connectivity index (χ4n) is 4.42. The molecule has 5 rings (SSSR count). The topological polar surface area (TPSA) is 96.8 Å². The van der Waals surface area contributed by atoms with E-state index in [0.717, 1.165) is 66.9 Å². The van der Waals surface area contributed by atoms with Crippen LogP contribution in [0.5, 0.6) is 0 Å². The quantitative estimate of drug-likeness (QED) is 0.485. The second-order valence-corrected chi connectivity index (χ2v) is 9.88. The summed E-state index contributed by atoms with van der Waals surface area (Å²) in [4.78, 5) is 21.8. The van der Waals surface area contributed by atoms with Gasteiger partial charge in [-0.05, 0) is 70.6 Å². The molecule has 2 saturated carbocycles. The van der Waals surface area contributed by atoms with E-state index in [0.29, 0.717) is 17.0 Å². The fraction of sp³-hybridized carbons (Fsp3) is 0.500. The van der Waals surface area contributed by atoms with E-state index >= 15 is 0 Å². The van der Waals surface area contributed by atoms with Crippen molar-refractivity contribution < 1.29 is 4.79 Å². The molecule has 3 N–H and O–H groups in total. The smallest absolute Gasteiger partial charge is 0.315 e. The standard InChI is InChI=1S/C24H30ClN7O/c1-14(2)27-24(33)29-18-10-8-17(9-11-18)28-22-20-13-26-32(19-5-3-4-16(25)12-19)23(20)31-21(30-22)15-6-7-15/h3-5,12-15,17-18H,6-11H2,1-2H3,(H2,27,29,33)(H,28,30,31). The maximum atomic E-state index is 12.0. The number of hydrogen-bond acceptors (Lipinski definition) is 5. The van der Waals surface area contributed by atoms with Crippen LogP contribution in [0.3, 0.4) is 0 Å². The van der Waals surface area contributed by atoms with Gasteiger partial charge < -0.3 is 16.0 Å². The van der Waals surface area contributed by atoms with Crippen molar-refractivity contribution in [1.82, 2.24) is 30.4 Å². The van der Waals surface area contributed by atoms with Crippen molar-refractivity contribution in [1.29, 1.82) is 0 Å². The molecule has 2 aromatic heterocycles. The van der Waals surface area contributed by atoms with Gasteiger partial charge in [-0.15, -0.1) is 0 Å². The first-order valence-corrected chi connectivity index (χ1v) is 12.2. The van der Waals surface area contributed by atoms with Crippen LogP contribution in [0.1, 0.15) is 64.1 Å². The normalized spacial score (nSPS) is 20.7. The number of fused-ring (bicyclic) bond motifs is 1. The number of amides is 2. The lowest BCUT2D eigenvalue weighted by atomic mass is 9.91. The Balaban J connectivity index is 1.34. The summed E-state index contributed by atoms with van der Waals surface area (Å²) in [5, 5.41) is 15.9. The molecule has 2 aliphatic rings. The van der Waals surface area contributed by atoms with E-state index in [-0.39, 0.29) is 18.1 Å². The number of urea groups is 1. The van der Waals surface area contributed by atoms with Crippen molar-refractivity contribution in [2.24, 2.45) is 0 Å². The monoisotopic (exact) mass is 467 g/mol. The Morgan fingerprint density at radius 3 is 2.55 bits per heavy atom. The van der Waals surface area contributed by atoms with Gasteiger partial charge in [0.15, 0.2) is 5.65 Å². The summed E-state index contributed by atoms with van der Waals surface area (Å²) in [6.45, 7) is 3.93. The largest absolute Gasteiger partial charge is 0.367 e. The summed E-state index contributed by atoms with van der Waals surface area (Å²) >= 11 is 6.22. The highest BCUT2D eigenvalue weighted by molar-refractivity contribution is 6.30. The molecule has 0 saturated heterocycles. The predicted octanol–water partition coefficient (Wildman–Crippen LogP) is 4.78. The van der Waals surface area contributed by atoms with Gasteiger partial charge in [-0.2, -0.15) is 5.10 Å². The minimum atomic E-state index is -0.0820.